The van der Waals surface area contributed by atoms with Crippen LogP contribution in [0.15, 0.2) is 30.0 Å². The summed E-state index contributed by atoms with van der Waals surface area (Å²) in [5.74, 6) is 1.05. The SMILES string of the molecule is O=[C]C1=C(c2ccccc2N2CCCCC2)O1. The van der Waals surface area contributed by atoms with E-state index in [1.54, 1.807) is 6.29 Å². The first-order valence-corrected chi connectivity index (χ1v) is 6.05. The van der Waals surface area contributed by atoms with E-state index in [1.807, 2.05) is 18.2 Å². The van der Waals surface area contributed by atoms with E-state index < -0.39 is 0 Å². The Labute approximate surface area is 101 Å². The quantitative estimate of drug-likeness (QED) is 0.796. The van der Waals surface area contributed by atoms with Crippen LogP contribution in [0.4, 0.5) is 5.69 Å². The van der Waals surface area contributed by atoms with Gasteiger partial charge in [-0.15, -0.1) is 0 Å². The van der Waals surface area contributed by atoms with Gasteiger partial charge in [0, 0.05) is 24.3 Å². The average molecular weight is 228 g/mol. The summed E-state index contributed by atoms with van der Waals surface area (Å²) in [4.78, 5) is 12.9. The molecule has 2 heterocycles. The molecule has 1 radical (unpaired) electrons. The molecule has 2 aliphatic rings. The van der Waals surface area contributed by atoms with Crippen molar-refractivity contribution < 1.29 is 9.53 Å². The van der Waals surface area contributed by atoms with Crippen LogP contribution in [0, 0.1) is 0 Å². The Morgan fingerprint density at radius 3 is 2.59 bits per heavy atom. The number of nitrogens with zero attached hydrogens (tertiary/aromatic N) is 1. The maximum atomic E-state index is 10.5. The molecule has 1 aromatic carbocycles. The summed E-state index contributed by atoms with van der Waals surface area (Å²) in [6, 6.07) is 8.10. The van der Waals surface area contributed by atoms with Gasteiger partial charge in [0.2, 0.25) is 5.76 Å². The van der Waals surface area contributed by atoms with Crippen LogP contribution in [0.25, 0.3) is 5.76 Å². The van der Waals surface area contributed by atoms with E-state index in [4.69, 9.17) is 4.74 Å². The minimum Gasteiger partial charge on any atom is -0.444 e. The number of rotatable bonds is 3. The van der Waals surface area contributed by atoms with Crippen LogP contribution in [0.5, 0.6) is 0 Å². The van der Waals surface area contributed by atoms with Gasteiger partial charge in [0.15, 0.2) is 5.76 Å². The minimum atomic E-state index is 0.356. The van der Waals surface area contributed by atoms with Gasteiger partial charge < -0.3 is 9.64 Å². The predicted molar refractivity (Wildman–Crippen MR) is 66.2 cm³/mol. The van der Waals surface area contributed by atoms with Crippen molar-refractivity contribution in [2.24, 2.45) is 0 Å². The smallest absolute Gasteiger partial charge is 0.276 e. The summed E-state index contributed by atoms with van der Waals surface area (Å²) in [5.41, 5.74) is 2.19. The van der Waals surface area contributed by atoms with E-state index in [-0.39, 0.29) is 0 Å². The third-order valence-corrected chi connectivity index (χ3v) is 3.31. The number of allylic oxidation sites excluding steroid dienone is 1. The van der Waals surface area contributed by atoms with E-state index >= 15 is 0 Å². The Morgan fingerprint density at radius 2 is 1.88 bits per heavy atom. The molecule has 3 nitrogen and oxygen atoms in total. The van der Waals surface area contributed by atoms with E-state index in [1.165, 1.54) is 24.9 Å². The van der Waals surface area contributed by atoms with Crippen molar-refractivity contribution in [1.82, 2.24) is 0 Å². The zero-order valence-electron chi connectivity index (χ0n) is 9.61. The van der Waals surface area contributed by atoms with Crippen LogP contribution in [0.3, 0.4) is 0 Å². The minimum absolute atomic E-state index is 0.356. The molecular weight excluding hydrogens is 214 g/mol. The fourth-order valence-electron chi connectivity index (χ4n) is 2.40. The van der Waals surface area contributed by atoms with Crippen LogP contribution >= 0.6 is 0 Å². The molecule has 3 heteroatoms. The second-order valence-corrected chi connectivity index (χ2v) is 4.43. The molecule has 0 saturated carbocycles. The topological polar surface area (TPSA) is 32.8 Å². The van der Waals surface area contributed by atoms with Gasteiger partial charge in [0.1, 0.15) is 0 Å². The van der Waals surface area contributed by atoms with Crippen molar-refractivity contribution in [2.75, 3.05) is 18.0 Å². The van der Waals surface area contributed by atoms with Crippen LogP contribution in [-0.4, -0.2) is 19.4 Å². The third kappa shape index (κ3) is 1.93. The molecule has 0 atom stereocenters. The van der Waals surface area contributed by atoms with Gasteiger partial charge in [-0.3, -0.25) is 4.79 Å². The summed E-state index contributed by atoms with van der Waals surface area (Å²) in [6.07, 6.45) is 5.59. The van der Waals surface area contributed by atoms with E-state index in [0.717, 1.165) is 18.7 Å². The molecule has 0 aliphatic carbocycles. The van der Waals surface area contributed by atoms with Crippen molar-refractivity contribution in [2.45, 2.75) is 19.3 Å². The van der Waals surface area contributed by atoms with Crippen LogP contribution in [0.1, 0.15) is 24.8 Å². The number of piperidine rings is 1. The summed E-state index contributed by atoms with van der Waals surface area (Å²) in [6.45, 7) is 2.18. The lowest BCUT2D eigenvalue weighted by atomic mass is 10.1. The van der Waals surface area contributed by atoms with Crippen LogP contribution in [0.2, 0.25) is 0 Å². The lowest BCUT2D eigenvalue weighted by Crippen LogP contribution is -2.29. The molecule has 0 bridgehead atoms. The van der Waals surface area contributed by atoms with Crippen LogP contribution < -0.4 is 4.90 Å². The lowest BCUT2D eigenvalue weighted by Gasteiger charge is -2.29. The fraction of sp³-hybridized carbons (Fsp3) is 0.357. The third-order valence-electron chi connectivity index (χ3n) is 3.31. The van der Waals surface area contributed by atoms with Gasteiger partial charge in [-0.05, 0) is 31.4 Å². The second kappa shape index (κ2) is 4.24. The molecule has 1 aromatic rings. The van der Waals surface area contributed by atoms with Gasteiger partial charge in [-0.25, -0.2) is 0 Å². The Hall–Kier alpha value is -1.77. The molecular formula is C14H14NO2. The molecule has 0 unspecified atom stereocenters. The number of hydrogen-bond donors (Lipinski definition) is 0. The number of carbonyl (C=O) groups excluding carboxylic acids is 1. The van der Waals surface area contributed by atoms with Crippen molar-refractivity contribution in [3.8, 4) is 0 Å². The Morgan fingerprint density at radius 1 is 1.12 bits per heavy atom. The van der Waals surface area contributed by atoms with E-state index in [0.29, 0.717) is 11.5 Å². The summed E-state index contributed by atoms with van der Waals surface area (Å²) < 4.78 is 5.17. The number of anilines is 1. The zero-order valence-corrected chi connectivity index (χ0v) is 9.61. The largest absolute Gasteiger partial charge is 0.444 e. The van der Waals surface area contributed by atoms with Gasteiger partial charge in [0.05, 0.1) is 0 Å². The summed E-state index contributed by atoms with van der Waals surface area (Å²) >= 11 is 0. The van der Waals surface area contributed by atoms with Gasteiger partial charge in [-0.1, -0.05) is 12.1 Å². The number of hydrogen-bond acceptors (Lipinski definition) is 3. The molecule has 3 rings (SSSR count). The average Bonchev–Trinajstić information content (AvgIpc) is 3.19. The molecule has 2 aliphatic heterocycles. The molecule has 0 spiro atoms. The molecule has 0 amide bonds. The lowest BCUT2D eigenvalue weighted by molar-refractivity contribution is 0.511. The van der Waals surface area contributed by atoms with Crippen molar-refractivity contribution in [3.05, 3.63) is 35.6 Å². The summed E-state index contributed by atoms with van der Waals surface area (Å²) in [5, 5.41) is 0. The zero-order chi connectivity index (χ0) is 11.7. The highest BCUT2D eigenvalue weighted by Gasteiger charge is 2.30. The number of para-hydroxylation sites is 1. The molecule has 87 valence electrons. The molecule has 0 aromatic heterocycles. The Balaban J connectivity index is 1.93. The van der Waals surface area contributed by atoms with Crippen LogP contribution in [-0.2, 0) is 9.53 Å². The van der Waals surface area contributed by atoms with Crippen molar-refractivity contribution >= 4 is 17.7 Å². The van der Waals surface area contributed by atoms with Crippen molar-refractivity contribution in [1.29, 1.82) is 0 Å². The maximum absolute atomic E-state index is 10.5. The first kappa shape index (κ1) is 10.4. The monoisotopic (exact) mass is 228 g/mol. The van der Waals surface area contributed by atoms with Crippen molar-refractivity contribution in [3.63, 3.8) is 0 Å². The number of benzene rings is 1. The first-order valence-electron chi connectivity index (χ1n) is 6.05. The highest BCUT2D eigenvalue weighted by atomic mass is 16.6. The van der Waals surface area contributed by atoms with E-state index in [9.17, 15) is 4.79 Å². The maximum Gasteiger partial charge on any atom is 0.276 e. The molecule has 1 fully saturated rings. The Kier molecular flexibility index (Phi) is 2.59. The molecule has 1 saturated heterocycles. The highest BCUT2D eigenvalue weighted by molar-refractivity contribution is 5.95. The van der Waals surface area contributed by atoms with Gasteiger partial charge in [-0.2, -0.15) is 0 Å². The molecule has 0 N–H and O–H groups in total. The second-order valence-electron chi connectivity index (χ2n) is 4.43. The van der Waals surface area contributed by atoms with Gasteiger partial charge in [0.25, 0.3) is 6.29 Å². The van der Waals surface area contributed by atoms with E-state index in [2.05, 4.69) is 11.0 Å². The number of ether oxygens (including phenoxy) is 1. The fourth-order valence-corrected chi connectivity index (χ4v) is 2.40. The van der Waals surface area contributed by atoms with Gasteiger partial charge >= 0.3 is 0 Å². The molecule has 17 heavy (non-hydrogen) atoms. The predicted octanol–water partition coefficient (Wildman–Crippen LogP) is 2.49. The Bertz CT molecular complexity index is 473. The first-order chi connectivity index (χ1) is 8.40. The standard InChI is InChI=1S/C14H14NO2/c16-10-13-14(17-13)11-6-2-3-7-12(11)15-8-4-1-5-9-15/h2-3,6-7H,1,4-5,8-9H2. The summed E-state index contributed by atoms with van der Waals surface area (Å²) in [7, 11) is 0. The highest BCUT2D eigenvalue weighted by Crippen LogP contribution is 2.40. The normalized spacial score (nSPS) is 18.9.